The molecule has 0 amide bonds. The standard InChI is InChI=1S/C58H79N9O5/c1-6-63-45-30-38-15-11-14-37-13-7-8-24-55(3,31-36-18-20-46(59)65-33-36)32-39-16-12-17-43-48(39)51(69)58(53(70)71-34-40(45)29-44(37)38)57(72-58,50(43)68)27-22-35(2)56(25-9-10-26-56)49(67-54(60)62-5)41-23-28-64-52-42(41)19-21-47(61-4)66-52/h11-12,15-18,20,22-23,30,33,37,40,44-47,49,61,63-66H,6-10,13-14,19,21,24-29,31-32,34,59H2,1-5H3,(H3,60,62,67)/b35-22+/t37-,40-,44-,45+,46?,47+,49-,55+,57-,58-/m0/s1. The number of nitrogens with zero attached hydrogens (tertiary/aromatic N) is 1. The second-order valence-corrected chi connectivity index (χ2v) is 22.7. The Hall–Kier alpha value is -5.28. The number of likely N-dealkylation sites (N-methyl/N-ethyl adjacent to an activating group) is 1. The van der Waals surface area contributed by atoms with Gasteiger partial charge in [-0.1, -0.05) is 99.8 Å². The average molecular weight is 982 g/mol. The van der Waals surface area contributed by atoms with Crippen LogP contribution in [0, 0.1) is 28.6 Å². The van der Waals surface area contributed by atoms with E-state index in [0.717, 1.165) is 113 Å². The Labute approximate surface area is 426 Å². The molecule has 0 aromatic heterocycles. The molecule has 72 heavy (non-hydrogen) atoms. The largest absolute Gasteiger partial charge is 0.463 e. The first-order chi connectivity index (χ1) is 34.8. The second-order valence-electron chi connectivity index (χ2n) is 22.7. The maximum atomic E-state index is 15.8. The van der Waals surface area contributed by atoms with Gasteiger partial charge in [0.05, 0.1) is 25.0 Å². The highest BCUT2D eigenvalue weighted by Crippen LogP contribution is 2.60. The summed E-state index contributed by atoms with van der Waals surface area (Å²) < 4.78 is 13.2. The normalized spacial score (nSPS) is 34.7. The van der Waals surface area contributed by atoms with Crippen LogP contribution in [-0.2, 0) is 20.7 Å². The average Bonchev–Trinajstić information content (AvgIpc) is 3.85. The van der Waals surface area contributed by atoms with Gasteiger partial charge >= 0.3 is 5.97 Å². The van der Waals surface area contributed by atoms with Gasteiger partial charge in [-0.3, -0.25) is 14.6 Å². The predicted octanol–water partition coefficient (Wildman–Crippen LogP) is 6.54. The van der Waals surface area contributed by atoms with Gasteiger partial charge in [0.25, 0.3) is 5.60 Å². The lowest BCUT2D eigenvalue weighted by Crippen LogP contribution is -2.54. The number of nitrogens with two attached hydrogens (primary N) is 2. The summed E-state index contributed by atoms with van der Waals surface area (Å²) in [6.07, 6.45) is 30.3. The molecule has 2 fully saturated rings. The molecule has 0 radical (unpaired) electrons. The summed E-state index contributed by atoms with van der Waals surface area (Å²) in [4.78, 5) is 51.1. The number of Topliss-reactive ketones (excluding diaryl/α,β-unsaturated/α-hetero) is 2. The number of hydrogen-bond donors (Lipinski definition) is 8. The summed E-state index contributed by atoms with van der Waals surface area (Å²) in [5, 5.41) is 21.2. The minimum absolute atomic E-state index is 0.0108. The van der Waals surface area contributed by atoms with Gasteiger partial charge in [-0.15, -0.1) is 0 Å². The van der Waals surface area contributed by atoms with Gasteiger partial charge in [-0.25, -0.2) is 4.79 Å². The lowest BCUT2D eigenvalue weighted by Gasteiger charge is -2.44. The molecule has 386 valence electrons. The third kappa shape index (κ3) is 8.91. The molecule has 10 atom stereocenters. The third-order valence-electron chi connectivity index (χ3n) is 18.3. The highest BCUT2D eigenvalue weighted by atomic mass is 16.7. The minimum Gasteiger partial charge on any atom is -0.463 e. The van der Waals surface area contributed by atoms with Crippen LogP contribution in [0.1, 0.15) is 137 Å². The molecule has 14 heteroatoms. The number of fused-ring (bicyclic) bond motifs is 1. The molecule has 9 aliphatic rings. The topological polar surface area (TPSA) is 210 Å². The fraction of sp³-hybridized carbons (Fsp3) is 0.586. The van der Waals surface area contributed by atoms with E-state index in [0.29, 0.717) is 41.9 Å². The Balaban J connectivity index is 1.04. The predicted molar refractivity (Wildman–Crippen MR) is 282 cm³/mol. The Morgan fingerprint density at radius 1 is 1.06 bits per heavy atom. The van der Waals surface area contributed by atoms with Crippen molar-refractivity contribution in [1.82, 2.24) is 31.9 Å². The van der Waals surface area contributed by atoms with Gasteiger partial charge < -0.3 is 52.8 Å². The van der Waals surface area contributed by atoms with E-state index >= 15 is 14.4 Å². The van der Waals surface area contributed by atoms with Crippen LogP contribution >= 0.6 is 0 Å². The van der Waals surface area contributed by atoms with E-state index < -0.39 is 28.4 Å². The maximum Gasteiger partial charge on any atom is 0.350 e. The molecule has 4 bridgehead atoms. The van der Waals surface area contributed by atoms with Crippen molar-refractivity contribution in [2.45, 2.75) is 153 Å². The number of aliphatic imine (C=N–C) groups is 1. The van der Waals surface area contributed by atoms with Gasteiger partial charge in [0, 0.05) is 54.7 Å². The van der Waals surface area contributed by atoms with Crippen LogP contribution in [0.25, 0.3) is 0 Å². The number of ketones is 2. The van der Waals surface area contributed by atoms with Crippen molar-refractivity contribution in [2.24, 2.45) is 45.0 Å². The first kappa shape index (κ1) is 50.3. The number of allylic oxidation sites excluding steroid dienone is 5. The van der Waals surface area contributed by atoms with Crippen LogP contribution in [0.2, 0.25) is 0 Å². The Kier molecular flexibility index (Phi) is 14.1. The van der Waals surface area contributed by atoms with E-state index in [1.807, 2.05) is 31.5 Å². The number of nitrogens with one attached hydrogen (secondary N) is 6. The van der Waals surface area contributed by atoms with Gasteiger partial charge in [0.15, 0.2) is 17.3 Å². The highest BCUT2D eigenvalue weighted by molar-refractivity contribution is 6.33. The van der Waals surface area contributed by atoms with Crippen LogP contribution in [0.5, 0.6) is 0 Å². The van der Waals surface area contributed by atoms with Crippen molar-refractivity contribution in [2.75, 3.05) is 33.8 Å². The number of epoxide rings is 1. The van der Waals surface area contributed by atoms with Crippen molar-refractivity contribution in [3.63, 3.8) is 0 Å². The number of ether oxygens (including phenoxy) is 2. The molecule has 4 aliphatic carbocycles. The number of esters is 1. The molecule has 1 saturated heterocycles. The Morgan fingerprint density at radius 3 is 2.64 bits per heavy atom. The summed E-state index contributed by atoms with van der Waals surface area (Å²) in [5.74, 6) is 0.607. The van der Waals surface area contributed by atoms with Crippen molar-refractivity contribution in [3.8, 4) is 0 Å². The van der Waals surface area contributed by atoms with E-state index in [1.165, 1.54) is 16.7 Å². The van der Waals surface area contributed by atoms with Crippen LogP contribution < -0.4 is 43.4 Å². The summed E-state index contributed by atoms with van der Waals surface area (Å²) in [5.41, 5.74) is 15.5. The summed E-state index contributed by atoms with van der Waals surface area (Å²) in [7, 11) is 3.67. The smallest absolute Gasteiger partial charge is 0.350 e. The van der Waals surface area contributed by atoms with Crippen molar-refractivity contribution in [3.05, 3.63) is 117 Å². The highest BCUT2D eigenvalue weighted by Gasteiger charge is 2.85. The van der Waals surface area contributed by atoms with E-state index in [-0.39, 0.29) is 54.6 Å². The number of hydrogen-bond acceptors (Lipinski definition) is 12. The van der Waals surface area contributed by atoms with Gasteiger partial charge in [-0.05, 0) is 136 Å². The van der Waals surface area contributed by atoms with Gasteiger partial charge in [0.1, 0.15) is 5.82 Å². The molecule has 1 saturated carbocycles. The number of dihydropyridines is 2. The summed E-state index contributed by atoms with van der Waals surface area (Å²) >= 11 is 0. The van der Waals surface area contributed by atoms with E-state index in [2.05, 4.69) is 94.1 Å². The second kappa shape index (κ2) is 20.2. The molecule has 5 heterocycles. The lowest BCUT2D eigenvalue weighted by molar-refractivity contribution is -0.150. The minimum atomic E-state index is -2.13. The summed E-state index contributed by atoms with van der Waals surface area (Å²) in [6.45, 7) is 8.06. The molecule has 10 N–H and O–H groups in total. The number of carbonyl (C=O) groups excluding carboxylic acids is 3. The zero-order valence-electron chi connectivity index (χ0n) is 43.3. The molecule has 1 aromatic rings. The fourth-order valence-corrected chi connectivity index (χ4v) is 14.4. The first-order valence-electron chi connectivity index (χ1n) is 27.2. The monoisotopic (exact) mass is 982 g/mol. The molecule has 5 aliphatic heterocycles. The molecular weight excluding hydrogens is 903 g/mol. The SMILES string of the molecule is CCN[C@@H]1C=C2C=CC[C@@H]3CCCC[C@](C)(CC4=CNC(N)C=C4)Cc4cccc5c4C(=O)[C@]4(O[C@@]4(C/C=C(\C)C4([C@@H](NC(N)=NC)C6=CCNC7=C6CC[C@H](NC)N7)CCCC4)C5=O)C(=O)OC[C@@H]1C[C@H]23. The van der Waals surface area contributed by atoms with Crippen LogP contribution in [-0.4, -0.2) is 92.9 Å². The fourth-order valence-electron chi connectivity index (χ4n) is 14.4. The molecular formula is C58H79N9O5. The number of guanidine groups is 1. The van der Waals surface area contributed by atoms with E-state index in [4.69, 9.17) is 20.9 Å². The zero-order chi connectivity index (χ0) is 50.4. The third-order valence-corrected chi connectivity index (χ3v) is 18.3. The van der Waals surface area contributed by atoms with Gasteiger partial charge in [0.2, 0.25) is 5.78 Å². The zero-order valence-corrected chi connectivity index (χ0v) is 43.3. The molecule has 10 rings (SSSR count). The van der Waals surface area contributed by atoms with E-state index in [1.54, 1.807) is 13.1 Å². The summed E-state index contributed by atoms with van der Waals surface area (Å²) in [6, 6.07) is 5.38. The Bertz CT molecular complexity index is 2580. The van der Waals surface area contributed by atoms with Crippen LogP contribution in [0.15, 0.2) is 106 Å². The van der Waals surface area contributed by atoms with E-state index in [9.17, 15) is 0 Å². The quantitative estimate of drug-likeness (QED) is 0.0296. The maximum absolute atomic E-state index is 15.8. The van der Waals surface area contributed by atoms with Gasteiger partial charge in [-0.2, -0.15) is 0 Å². The van der Waals surface area contributed by atoms with Crippen molar-refractivity contribution >= 4 is 23.5 Å². The van der Waals surface area contributed by atoms with Crippen molar-refractivity contribution < 1.29 is 23.9 Å². The number of benzene rings is 1. The molecule has 1 unspecified atom stereocenters. The molecule has 1 aromatic carbocycles. The lowest BCUT2D eigenvalue weighted by atomic mass is 9.66. The van der Waals surface area contributed by atoms with Crippen LogP contribution in [0.3, 0.4) is 0 Å². The Morgan fingerprint density at radius 2 is 1.88 bits per heavy atom. The first-order valence-corrected chi connectivity index (χ1v) is 27.2. The molecule has 14 nitrogen and oxygen atoms in total. The van der Waals surface area contributed by atoms with Crippen molar-refractivity contribution in [1.29, 1.82) is 0 Å². The molecule has 1 spiro atoms. The number of cyclic esters (lactones) is 1. The number of rotatable bonds is 11. The number of carbonyl (C=O) groups is 3. The van der Waals surface area contributed by atoms with Crippen LogP contribution in [0.4, 0.5) is 0 Å².